The van der Waals surface area contributed by atoms with Gasteiger partial charge < -0.3 is 4.42 Å². The Bertz CT molecular complexity index is 3280. The Morgan fingerprint density at radius 3 is 1.46 bits per heavy atom. The highest BCUT2D eigenvalue weighted by molar-refractivity contribution is 6.13. The topological polar surface area (TPSA) is 51.8 Å². The van der Waals surface area contributed by atoms with E-state index in [1.54, 1.807) is 0 Å². The summed E-state index contributed by atoms with van der Waals surface area (Å²) in [6.45, 7) is 0. The summed E-state index contributed by atoms with van der Waals surface area (Å²) in [6, 6.07) is 70.0. The van der Waals surface area contributed by atoms with Crippen molar-refractivity contribution in [2.45, 2.75) is 0 Å². The standard InChI is InChI=1S/C53H33N3O/c1-2-10-34(11-3-1)37-18-20-39(21-19-37)45-32-47(50-46-16-8-9-17-48(46)57-49(50)33-45)53-55-51(54-52(56-53)44-29-25-36-13-5-7-15-42(36)31-44)40-26-22-38(23-27-40)43-28-24-35-12-4-6-14-41(35)30-43/h1-33H. The molecule has 2 aromatic heterocycles. The first-order valence-corrected chi connectivity index (χ1v) is 19.2. The van der Waals surface area contributed by atoms with Crippen LogP contribution in [0.2, 0.25) is 0 Å². The quantitative estimate of drug-likeness (QED) is 0.171. The van der Waals surface area contributed by atoms with Crippen LogP contribution in [-0.2, 0) is 0 Å². The van der Waals surface area contributed by atoms with Crippen LogP contribution in [0.5, 0.6) is 0 Å². The zero-order chi connectivity index (χ0) is 37.7. The lowest BCUT2D eigenvalue weighted by molar-refractivity contribution is 0.669. The van der Waals surface area contributed by atoms with Gasteiger partial charge in [-0.05, 0) is 85.3 Å². The van der Waals surface area contributed by atoms with Crippen LogP contribution in [0.25, 0.3) is 111 Å². The van der Waals surface area contributed by atoms with Gasteiger partial charge in [0.15, 0.2) is 17.5 Å². The first-order chi connectivity index (χ1) is 28.2. The molecule has 0 N–H and O–H groups in total. The Balaban J connectivity index is 1.09. The molecule has 0 unspecified atom stereocenters. The maximum atomic E-state index is 6.56. The van der Waals surface area contributed by atoms with Crippen molar-refractivity contribution in [3.05, 3.63) is 200 Å². The second-order valence-corrected chi connectivity index (χ2v) is 14.4. The monoisotopic (exact) mass is 727 g/mol. The second kappa shape index (κ2) is 13.6. The summed E-state index contributed by atoms with van der Waals surface area (Å²) in [7, 11) is 0. The van der Waals surface area contributed by atoms with E-state index in [-0.39, 0.29) is 0 Å². The Kier molecular flexibility index (Phi) is 7.78. The molecule has 0 fully saturated rings. The number of benzene rings is 9. The summed E-state index contributed by atoms with van der Waals surface area (Å²) in [6.07, 6.45) is 0. The van der Waals surface area contributed by atoms with E-state index in [4.69, 9.17) is 19.4 Å². The fourth-order valence-corrected chi connectivity index (χ4v) is 7.95. The highest BCUT2D eigenvalue weighted by atomic mass is 16.3. The predicted octanol–water partition coefficient (Wildman–Crippen LogP) is 14.1. The van der Waals surface area contributed by atoms with Gasteiger partial charge in [-0.25, -0.2) is 15.0 Å². The van der Waals surface area contributed by atoms with Crippen molar-refractivity contribution in [1.82, 2.24) is 15.0 Å². The molecule has 0 spiro atoms. The minimum absolute atomic E-state index is 0.584. The number of hydrogen-bond donors (Lipinski definition) is 0. The van der Waals surface area contributed by atoms with Crippen molar-refractivity contribution in [3.63, 3.8) is 0 Å². The zero-order valence-electron chi connectivity index (χ0n) is 30.8. The fourth-order valence-electron chi connectivity index (χ4n) is 7.95. The van der Waals surface area contributed by atoms with Crippen LogP contribution in [0.15, 0.2) is 205 Å². The highest BCUT2D eigenvalue weighted by Crippen LogP contribution is 2.40. The van der Waals surface area contributed by atoms with Crippen LogP contribution in [0, 0.1) is 0 Å². The van der Waals surface area contributed by atoms with E-state index in [1.165, 1.54) is 16.3 Å². The lowest BCUT2D eigenvalue weighted by atomic mass is 9.96. The SMILES string of the molecule is c1ccc(-c2ccc(-c3cc(-c4nc(-c5ccc(-c6ccc7ccccc7c6)cc5)nc(-c5ccc6ccccc6c5)n4)c4c(c3)oc3ccccc34)cc2)cc1. The third-order valence-corrected chi connectivity index (χ3v) is 10.9. The summed E-state index contributed by atoms with van der Waals surface area (Å²) in [5, 5.41) is 6.73. The number of nitrogens with zero attached hydrogens (tertiary/aromatic N) is 3. The minimum Gasteiger partial charge on any atom is -0.456 e. The first kappa shape index (κ1) is 32.7. The first-order valence-electron chi connectivity index (χ1n) is 19.2. The zero-order valence-corrected chi connectivity index (χ0v) is 30.8. The van der Waals surface area contributed by atoms with Crippen LogP contribution in [0.1, 0.15) is 0 Å². The number of rotatable bonds is 6. The van der Waals surface area contributed by atoms with Gasteiger partial charge in [-0.15, -0.1) is 0 Å². The molecule has 0 aliphatic heterocycles. The summed E-state index contributed by atoms with van der Waals surface area (Å²) < 4.78 is 6.56. The third kappa shape index (κ3) is 6.01. The van der Waals surface area contributed by atoms with Crippen molar-refractivity contribution >= 4 is 43.5 Å². The molecule has 9 aromatic carbocycles. The number of fused-ring (bicyclic) bond motifs is 5. The van der Waals surface area contributed by atoms with Gasteiger partial charge in [0.25, 0.3) is 0 Å². The Morgan fingerprint density at radius 2 is 0.754 bits per heavy atom. The van der Waals surface area contributed by atoms with Crippen molar-refractivity contribution < 1.29 is 4.42 Å². The van der Waals surface area contributed by atoms with E-state index in [2.05, 4.69) is 176 Å². The minimum atomic E-state index is 0.584. The van der Waals surface area contributed by atoms with Crippen LogP contribution in [0.4, 0.5) is 0 Å². The maximum absolute atomic E-state index is 6.56. The normalized spacial score (nSPS) is 11.5. The molecule has 2 heterocycles. The van der Waals surface area contributed by atoms with Crippen LogP contribution < -0.4 is 0 Å². The summed E-state index contributed by atoms with van der Waals surface area (Å²) in [5.41, 5.74) is 11.1. The van der Waals surface area contributed by atoms with E-state index in [9.17, 15) is 0 Å². The molecule has 0 amide bonds. The fraction of sp³-hybridized carbons (Fsp3) is 0. The van der Waals surface area contributed by atoms with E-state index in [0.717, 1.165) is 77.2 Å². The average Bonchev–Trinajstić information content (AvgIpc) is 3.67. The Labute approximate surface area is 329 Å². The molecule has 11 aromatic rings. The molecular weight excluding hydrogens is 695 g/mol. The van der Waals surface area contributed by atoms with Crippen molar-refractivity contribution in [1.29, 1.82) is 0 Å². The van der Waals surface area contributed by atoms with Crippen molar-refractivity contribution in [2.24, 2.45) is 0 Å². The highest BCUT2D eigenvalue weighted by Gasteiger charge is 2.20. The Morgan fingerprint density at radius 1 is 0.281 bits per heavy atom. The van der Waals surface area contributed by atoms with E-state index < -0.39 is 0 Å². The van der Waals surface area contributed by atoms with Crippen LogP contribution >= 0.6 is 0 Å². The van der Waals surface area contributed by atoms with Crippen LogP contribution in [0.3, 0.4) is 0 Å². The number of hydrogen-bond acceptors (Lipinski definition) is 4. The van der Waals surface area contributed by atoms with Gasteiger partial charge in [0, 0.05) is 27.5 Å². The number of furan rings is 1. The molecule has 0 aliphatic rings. The van der Waals surface area contributed by atoms with Gasteiger partial charge in [0.1, 0.15) is 11.2 Å². The van der Waals surface area contributed by atoms with Crippen molar-refractivity contribution in [2.75, 3.05) is 0 Å². The van der Waals surface area contributed by atoms with Gasteiger partial charge >= 0.3 is 0 Å². The van der Waals surface area contributed by atoms with E-state index in [0.29, 0.717) is 17.5 Å². The lowest BCUT2D eigenvalue weighted by Crippen LogP contribution is -2.01. The molecule has 0 saturated carbocycles. The number of aromatic nitrogens is 3. The summed E-state index contributed by atoms with van der Waals surface area (Å²) in [5.74, 6) is 1.80. The molecular formula is C53H33N3O. The molecule has 0 radical (unpaired) electrons. The molecule has 4 heteroatoms. The largest absolute Gasteiger partial charge is 0.456 e. The van der Waals surface area contributed by atoms with Gasteiger partial charge in [-0.2, -0.15) is 0 Å². The molecule has 0 bridgehead atoms. The molecule has 0 saturated heterocycles. The maximum Gasteiger partial charge on any atom is 0.164 e. The second-order valence-electron chi connectivity index (χ2n) is 14.4. The molecule has 266 valence electrons. The molecule has 11 rings (SSSR count). The van der Waals surface area contributed by atoms with E-state index >= 15 is 0 Å². The summed E-state index contributed by atoms with van der Waals surface area (Å²) in [4.78, 5) is 15.7. The predicted molar refractivity (Wildman–Crippen MR) is 235 cm³/mol. The van der Waals surface area contributed by atoms with Gasteiger partial charge in [-0.1, -0.05) is 170 Å². The lowest BCUT2D eigenvalue weighted by Gasteiger charge is -2.12. The summed E-state index contributed by atoms with van der Waals surface area (Å²) >= 11 is 0. The van der Waals surface area contributed by atoms with E-state index in [1.807, 2.05) is 24.3 Å². The Hall–Kier alpha value is -7.69. The van der Waals surface area contributed by atoms with Gasteiger partial charge in [-0.3, -0.25) is 0 Å². The van der Waals surface area contributed by atoms with Gasteiger partial charge in [0.2, 0.25) is 0 Å². The van der Waals surface area contributed by atoms with Crippen LogP contribution in [-0.4, -0.2) is 15.0 Å². The smallest absolute Gasteiger partial charge is 0.164 e. The number of para-hydroxylation sites is 1. The molecule has 0 aliphatic carbocycles. The van der Waals surface area contributed by atoms with Crippen molar-refractivity contribution in [3.8, 4) is 67.5 Å². The molecule has 4 nitrogen and oxygen atoms in total. The van der Waals surface area contributed by atoms with Gasteiger partial charge in [0.05, 0.1) is 0 Å². The molecule has 57 heavy (non-hydrogen) atoms. The molecule has 0 atom stereocenters. The average molecular weight is 728 g/mol. The third-order valence-electron chi connectivity index (χ3n) is 10.9.